The Morgan fingerprint density at radius 2 is 2.19 bits per heavy atom. The molecular formula is C13H17BrN2O5. The van der Waals surface area contributed by atoms with E-state index in [4.69, 9.17) is 9.84 Å². The Balaban J connectivity index is 2.66. The van der Waals surface area contributed by atoms with Crippen LogP contribution in [-0.2, 0) is 4.79 Å². The fraction of sp³-hybridized carbons (Fsp3) is 0.462. The number of rotatable bonds is 8. The van der Waals surface area contributed by atoms with Gasteiger partial charge in [0.05, 0.1) is 11.5 Å². The first-order chi connectivity index (χ1) is 9.81. The monoisotopic (exact) mass is 360 g/mol. The molecule has 1 atom stereocenters. The molecule has 21 heavy (non-hydrogen) atoms. The number of carboxylic acid groups (broad SMARTS) is 1. The van der Waals surface area contributed by atoms with Crippen LogP contribution in [0.4, 0.5) is 5.69 Å². The molecule has 1 rings (SSSR count). The lowest BCUT2D eigenvalue weighted by molar-refractivity contribution is -0.385. The molecule has 0 bridgehead atoms. The van der Waals surface area contributed by atoms with Gasteiger partial charge in [-0.15, -0.1) is 0 Å². The third-order valence-electron chi connectivity index (χ3n) is 2.61. The van der Waals surface area contributed by atoms with Crippen LogP contribution in [0.25, 0.3) is 0 Å². The molecule has 116 valence electrons. The topological polar surface area (TPSA) is 102 Å². The second kappa shape index (κ2) is 7.94. The molecule has 0 fully saturated rings. The second-order valence-electron chi connectivity index (χ2n) is 4.72. The van der Waals surface area contributed by atoms with E-state index in [0.717, 1.165) is 0 Å². The lowest BCUT2D eigenvalue weighted by Gasteiger charge is -2.17. The van der Waals surface area contributed by atoms with E-state index in [1.807, 2.05) is 13.8 Å². The number of nitro groups is 1. The minimum Gasteiger partial charge on any atom is -0.487 e. The van der Waals surface area contributed by atoms with Gasteiger partial charge in [-0.1, -0.05) is 29.8 Å². The molecule has 0 saturated carbocycles. The lowest BCUT2D eigenvalue weighted by Crippen LogP contribution is -2.41. The number of nitro benzene ring substituents is 1. The van der Waals surface area contributed by atoms with E-state index in [-0.39, 0.29) is 30.5 Å². The Morgan fingerprint density at radius 3 is 2.71 bits per heavy atom. The molecule has 0 amide bonds. The number of nitrogens with one attached hydrogen (secondary N) is 1. The number of halogens is 1. The van der Waals surface area contributed by atoms with Crippen molar-refractivity contribution in [2.75, 3.05) is 6.61 Å². The van der Waals surface area contributed by atoms with Gasteiger partial charge in [-0.25, -0.2) is 0 Å². The number of hydrogen-bond donors (Lipinski definition) is 2. The van der Waals surface area contributed by atoms with E-state index in [0.29, 0.717) is 4.47 Å². The van der Waals surface area contributed by atoms with Crippen molar-refractivity contribution in [2.24, 2.45) is 0 Å². The number of nitrogens with zero attached hydrogens (tertiary/aromatic N) is 1. The summed E-state index contributed by atoms with van der Waals surface area (Å²) in [5.41, 5.74) is -0.159. The van der Waals surface area contributed by atoms with Crippen molar-refractivity contribution in [3.8, 4) is 5.75 Å². The number of aliphatic carboxylic acids is 1. The van der Waals surface area contributed by atoms with Crippen LogP contribution in [0, 0.1) is 10.1 Å². The standard InChI is InChI=1S/C13H17BrN2O5/c1-8(2)15-10(13(17)18)5-6-21-12-4-3-9(14)7-11(12)16(19)20/h3-4,7-8,10,15H,5-6H2,1-2H3,(H,17,18). The van der Waals surface area contributed by atoms with E-state index in [1.165, 1.54) is 12.1 Å². The Kier molecular flexibility index (Phi) is 6.57. The molecule has 0 spiro atoms. The highest BCUT2D eigenvalue weighted by Gasteiger charge is 2.20. The normalized spacial score (nSPS) is 12.2. The highest BCUT2D eigenvalue weighted by atomic mass is 79.9. The summed E-state index contributed by atoms with van der Waals surface area (Å²) in [6.07, 6.45) is 0.209. The predicted octanol–water partition coefficient (Wildman–Crippen LogP) is 2.58. The molecule has 0 aromatic heterocycles. The fourth-order valence-corrected chi connectivity index (χ4v) is 2.07. The van der Waals surface area contributed by atoms with Crippen molar-refractivity contribution in [1.29, 1.82) is 0 Å². The molecule has 0 aliphatic carbocycles. The summed E-state index contributed by atoms with van der Waals surface area (Å²) in [4.78, 5) is 21.4. The smallest absolute Gasteiger partial charge is 0.320 e. The van der Waals surface area contributed by atoms with Gasteiger partial charge in [0.25, 0.3) is 0 Å². The maximum Gasteiger partial charge on any atom is 0.320 e. The van der Waals surface area contributed by atoms with Crippen LogP contribution < -0.4 is 10.1 Å². The average molecular weight is 361 g/mol. The molecule has 2 N–H and O–H groups in total. The van der Waals surface area contributed by atoms with Crippen LogP contribution in [0.5, 0.6) is 5.75 Å². The van der Waals surface area contributed by atoms with Crippen LogP contribution in [0.3, 0.4) is 0 Å². The first kappa shape index (κ1) is 17.4. The van der Waals surface area contributed by atoms with Crippen molar-refractivity contribution in [3.05, 3.63) is 32.8 Å². The molecule has 0 aliphatic heterocycles. The molecule has 0 radical (unpaired) electrons. The highest BCUT2D eigenvalue weighted by molar-refractivity contribution is 9.10. The van der Waals surface area contributed by atoms with Gasteiger partial charge in [0.15, 0.2) is 5.75 Å². The van der Waals surface area contributed by atoms with Crippen molar-refractivity contribution in [1.82, 2.24) is 5.32 Å². The average Bonchev–Trinajstić information content (AvgIpc) is 2.38. The molecule has 8 heteroatoms. The molecule has 0 saturated heterocycles. The third-order valence-corrected chi connectivity index (χ3v) is 3.11. The fourth-order valence-electron chi connectivity index (χ4n) is 1.72. The zero-order valence-electron chi connectivity index (χ0n) is 11.7. The van der Waals surface area contributed by atoms with Crippen molar-refractivity contribution in [2.45, 2.75) is 32.4 Å². The minimum atomic E-state index is -0.974. The van der Waals surface area contributed by atoms with Crippen LogP contribution in [0.15, 0.2) is 22.7 Å². The van der Waals surface area contributed by atoms with Gasteiger partial charge in [0, 0.05) is 23.0 Å². The summed E-state index contributed by atoms with van der Waals surface area (Å²) in [5, 5.41) is 22.9. The van der Waals surface area contributed by atoms with Crippen LogP contribution in [0.2, 0.25) is 0 Å². The summed E-state index contributed by atoms with van der Waals surface area (Å²) in [5.74, 6) is -0.852. The molecule has 1 aromatic carbocycles. The highest BCUT2D eigenvalue weighted by Crippen LogP contribution is 2.30. The van der Waals surface area contributed by atoms with Gasteiger partial charge in [0.1, 0.15) is 6.04 Å². The van der Waals surface area contributed by atoms with Crippen molar-refractivity contribution >= 4 is 27.6 Å². The zero-order chi connectivity index (χ0) is 16.0. The SMILES string of the molecule is CC(C)NC(CCOc1ccc(Br)cc1[N+](=O)[O-])C(=O)O. The van der Waals surface area contributed by atoms with E-state index in [2.05, 4.69) is 21.2 Å². The van der Waals surface area contributed by atoms with Gasteiger partial charge in [-0.05, 0) is 12.1 Å². The van der Waals surface area contributed by atoms with Crippen LogP contribution in [-0.4, -0.2) is 34.7 Å². The molecule has 0 heterocycles. The Bertz CT molecular complexity index is 521. The lowest BCUT2D eigenvalue weighted by atomic mass is 10.2. The Morgan fingerprint density at radius 1 is 1.52 bits per heavy atom. The number of carboxylic acids is 1. The molecule has 7 nitrogen and oxygen atoms in total. The Labute approximate surface area is 130 Å². The predicted molar refractivity (Wildman–Crippen MR) is 80.6 cm³/mol. The maximum absolute atomic E-state index is 11.1. The molecule has 1 aromatic rings. The van der Waals surface area contributed by atoms with Gasteiger partial charge in [-0.3, -0.25) is 14.9 Å². The van der Waals surface area contributed by atoms with E-state index >= 15 is 0 Å². The van der Waals surface area contributed by atoms with Gasteiger partial charge >= 0.3 is 11.7 Å². The van der Waals surface area contributed by atoms with E-state index in [9.17, 15) is 14.9 Å². The van der Waals surface area contributed by atoms with Crippen molar-refractivity contribution < 1.29 is 19.6 Å². The number of ether oxygens (including phenoxy) is 1. The van der Waals surface area contributed by atoms with Crippen molar-refractivity contribution in [3.63, 3.8) is 0 Å². The Hall–Kier alpha value is -1.67. The number of carbonyl (C=O) groups is 1. The minimum absolute atomic E-state index is 0.0214. The summed E-state index contributed by atoms with van der Waals surface area (Å²) < 4.78 is 5.93. The molecular weight excluding hydrogens is 344 g/mol. The first-order valence-electron chi connectivity index (χ1n) is 6.37. The zero-order valence-corrected chi connectivity index (χ0v) is 13.3. The van der Waals surface area contributed by atoms with Crippen LogP contribution in [0.1, 0.15) is 20.3 Å². The summed E-state index contributed by atoms with van der Waals surface area (Å²) in [7, 11) is 0. The van der Waals surface area contributed by atoms with Crippen LogP contribution >= 0.6 is 15.9 Å². The van der Waals surface area contributed by atoms with Gasteiger partial charge in [-0.2, -0.15) is 0 Å². The van der Waals surface area contributed by atoms with Gasteiger partial charge < -0.3 is 15.2 Å². The largest absolute Gasteiger partial charge is 0.487 e. The van der Waals surface area contributed by atoms with Gasteiger partial charge in [0.2, 0.25) is 0 Å². The second-order valence-corrected chi connectivity index (χ2v) is 5.63. The third kappa shape index (κ3) is 5.68. The molecule has 1 unspecified atom stereocenters. The van der Waals surface area contributed by atoms with E-state index in [1.54, 1.807) is 6.07 Å². The summed E-state index contributed by atoms with van der Waals surface area (Å²) >= 11 is 3.15. The summed E-state index contributed by atoms with van der Waals surface area (Å²) in [6.45, 7) is 3.76. The number of benzene rings is 1. The number of hydrogen-bond acceptors (Lipinski definition) is 5. The quantitative estimate of drug-likeness (QED) is 0.545. The summed E-state index contributed by atoms with van der Waals surface area (Å²) in [6, 6.07) is 3.72. The molecule has 0 aliphatic rings. The van der Waals surface area contributed by atoms with E-state index < -0.39 is 16.9 Å². The first-order valence-corrected chi connectivity index (χ1v) is 7.16. The maximum atomic E-state index is 11.1.